The summed E-state index contributed by atoms with van der Waals surface area (Å²) in [6.45, 7) is 6.29. The number of fused-ring (bicyclic) bond motifs is 6. The van der Waals surface area contributed by atoms with Gasteiger partial charge in [0.25, 0.3) is 11.8 Å². The summed E-state index contributed by atoms with van der Waals surface area (Å²) in [5, 5.41) is 93.5. The number of nitrogens with one attached hydrogen (secondary N) is 2. The highest BCUT2D eigenvalue weighted by Gasteiger charge is 2.63. The minimum absolute atomic E-state index is 0. The highest BCUT2D eigenvalue weighted by Crippen LogP contribution is 2.56. The van der Waals surface area contributed by atoms with Crippen LogP contribution in [0.1, 0.15) is 66.5 Å². The number of aliphatic hydroxyl groups excluding tert-OH is 4. The van der Waals surface area contributed by atoms with Gasteiger partial charge in [0, 0.05) is 350 Å². The Hall–Kier alpha value is -14.6. The van der Waals surface area contributed by atoms with Gasteiger partial charge in [0.2, 0.25) is 17.6 Å². The summed E-state index contributed by atoms with van der Waals surface area (Å²) in [5.41, 5.74) is 76.1. The van der Waals surface area contributed by atoms with E-state index in [2.05, 4.69) is 187 Å². The molecule has 30 radical (unpaired) electrons. The second kappa shape index (κ2) is 56.5. The van der Waals surface area contributed by atoms with Crippen LogP contribution in [0.4, 0.5) is 53.9 Å². The van der Waals surface area contributed by atoms with E-state index in [-0.39, 0.29) is 103 Å². The van der Waals surface area contributed by atoms with Crippen LogP contribution in [0, 0.1) is 23.7 Å². The molecule has 0 aliphatic heterocycles. The fourth-order valence-electron chi connectivity index (χ4n) is 17.3. The summed E-state index contributed by atoms with van der Waals surface area (Å²) >= 11 is 0. The number of primary amides is 2. The first-order valence-corrected chi connectivity index (χ1v) is 43.4. The molecule has 4 amide bonds. The first-order chi connectivity index (χ1) is 69.5. The van der Waals surface area contributed by atoms with Gasteiger partial charge in [0.1, 0.15) is 57.2 Å². The highest BCUT2D eigenvalue weighted by molar-refractivity contribution is 8.26. The van der Waals surface area contributed by atoms with Gasteiger partial charge in [-0.25, -0.2) is 9.59 Å². The number of amides is 4. The molecule has 16 N–H and O–H groups in total. The molecule has 4 aromatic rings. The monoisotopic (exact) mass is 1960 g/mol. The lowest BCUT2D eigenvalue weighted by molar-refractivity contribution is -0.275. The van der Waals surface area contributed by atoms with E-state index in [0.29, 0.717) is 28.1 Å². The van der Waals surface area contributed by atoms with Crippen LogP contribution in [0.3, 0.4) is 0 Å². The number of nitrogens with zero attached hydrogens (tertiary/aromatic N) is 3. The highest BCUT2D eigenvalue weighted by atomic mass is 19.4. The van der Waals surface area contributed by atoms with E-state index in [4.69, 9.17) is 133 Å². The second-order valence-electron chi connectivity index (χ2n) is 33.3. The predicted molar refractivity (Wildman–Crippen MR) is 580 cm³/mol. The molecule has 10 rings (SSSR count). The van der Waals surface area contributed by atoms with Crippen LogP contribution in [-0.2, 0) is 59.5 Å². The topological polar surface area (TPSA) is 438 Å². The Balaban J connectivity index is 0.000000340. The minimum Gasteiger partial charge on any atom is -0.508 e. The number of aliphatic hydroxyl groups is 6. The van der Waals surface area contributed by atoms with Gasteiger partial charge in [0.05, 0.1) is 16.8 Å². The van der Waals surface area contributed by atoms with Crippen molar-refractivity contribution in [1.29, 1.82) is 0 Å². The molecule has 0 aromatic heterocycles. The molecule has 4 unspecified atom stereocenters. The zero-order valence-corrected chi connectivity index (χ0v) is 79.3. The van der Waals surface area contributed by atoms with Crippen molar-refractivity contribution in [2.75, 3.05) is 43.3 Å². The number of alkyl halides is 6. The lowest BCUT2D eigenvalue weighted by Gasteiger charge is -2.49. The maximum absolute atomic E-state index is 13.8. The van der Waals surface area contributed by atoms with E-state index in [1.807, 2.05) is 0 Å². The van der Waals surface area contributed by atoms with E-state index >= 15 is 0 Å². The zero-order valence-electron chi connectivity index (χ0n) is 79.3. The number of nitrogens with two attached hydrogens (primary N) is 3. The molecule has 0 saturated heterocycles. The summed E-state index contributed by atoms with van der Waals surface area (Å²) < 4.78 is 79.6. The van der Waals surface area contributed by atoms with Gasteiger partial charge in [0.15, 0.2) is 22.8 Å². The standard InChI is InChI=1S/C30H29F3N4O9.C28H4.C22H25N3O7.C8H4F3NO2.CH4.B28/c1-37(2)18-9-13(11-35-28(44)36-15-3-5-16(6-4-15)46-30(31,32)33)23(39)21-17(18)8-12-7-14-10-19(38)22(27(34)43)26(42)29(14,45)25(41)20(12)24(21)40;1-3-5-7-9-11-13-15-17-19-21-23-25-27-28-26-24-22-20-18-16-14-12-10-8-6-4-2;1-25(2)12-5-9(7-23)17(27)15-11(12)4-8-3-10-6-13(26)16(21(24)31)20(30)22(10,32)19(29)14(8)18(15)28;9-8(10,11)14-7-3-1-6(2-4-7)12-5-13;;1-16(2)23(15)27(24(17(3)4)18(5)6)28(25(19(7)8)20(9)10)26(21(11)12)22(13)14/h3-6,9,12,14,39-40,42,45H,7-8,10-11H2,1-2H3,(H2,34,43)(H2,35,36,44);1-2H2;5,8,10,27-28,30,32H,3-4,6-7,23H2,1-2H3,(H2,24,31);1-4H;1H4;/t12?,14?,29-;;8?,10?,22-;;;/m0.0.../s1. The smallest absolute Gasteiger partial charge is 0.508 e. The average Bonchev–Trinajstić information content (AvgIpc) is 0.708. The molecule has 6 aliphatic carbocycles. The van der Waals surface area contributed by atoms with Crippen molar-refractivity contribution < 1.29 is 115 Å². The van der Waals surface area contributed by atoms with Crippen molar-refractivity contribution in [3.63, 3.8) is 0 Å². The first-order valence-electron chi connectivity index (χ1n) is 43.4. The number of Topliss-reactive ketones (excluding diaryl/α,β-unsaturated/α-hetero) is 4. The van der Waals surface area contributed by atoms with Gasteiger partial charge in [-0.1, -0.05) is 18.9 Å². The van der Waals surface area contributed by atoms with Crippen LogP contribution in [-0.4, -0.2) is 339 Å². The Kier molecular flexibility index (Phi) is 47.4. The van der Waals surface area contributed by atoms with E-state index < -0.39 is 224 Å². The minimum atomic E-state index is -4.88. The Labute approximate surface area is 880 Å². The summed E-state index contributed by atoms with van der Waals surface area (Å²) in [5.74, 6) is -14.7. The lowest BCUT2D eigenvalue weighted by atomic mass is 8.32. The molecule has 6 aliphatic rings. The predicted octanol–water partition coefficient (Wildman–Crippen LogP) is 0.0198. The van der Waals surface area contributed by atoms with Gasteiger partial charge in [-0.2, -0.15) is 4.99 Å². The van der Waals surface area contributed by atoms with Crippen molar-refractivity contribution in [3.8, 4) is 23.0 Å². The third-order valence-electron chi connectivity index (χ3n) is 23.4. The largest absolute Gasteiger partial charge is 0.573 e. The second-order valence-corrected chi connectivity index (χ2v) is 33.3. The van der Waals surface area contributed by atoms with Gasteiger partial charge in [-0.3, -0.25) is 28.8 Å². The molecular formula is C89H66B28F6N8O18. The molecular weight excluding hydrogens is 1890 g/mol. The number of carbonyl (C=O) groups excluding carboxylic acids is 8. The van der Waals surface area contributed by atoms with Crippen molar-refractivity contribution in [3.05, 3.63) is 290 Å². The number of hydrogen-bond donors (Lipinski definition) is 13. The first kappa shape index (κ1) is 125. The fourth-order valence-corrected chi connectivity index (χ4v) is 17.3. The third kappa shape index (κ3) is 32.5. The van der Waals surface area contributed by atoms with Crippen LogP contribution >= 0.6 is 0 Å². The Morgan fingerprint density at radius 2 is 0.772 bits per heavy atom. The number of benzene rings is 4. The number of urea groups is 1. The molecule has 149 heavy (non-hydrogen) atoms. The number of anilines is 3. The molecule has 0 bridgehead atoms. The van der Waals surface area contributed by atoms with Crippen LogP contribution in [0.25, 0.3) is 11.5 Å². The molecule has 2 saturated carbocycles. The van der Waals surface area contributed by atoms with Gasteiger partial charge in [-0.15, -0.1) is 26.3 Å². The van der Waals surface area contributed by atoms with Gasteiger partial charge < -0.3 is 88.0 Å². The van der Waals surface area contributed by atoms with Gasteiger partial charge >= 0.3 is 18.8 Å². The lowest BCUT2D eigenvalue weighted by Crippen LogP contribution is -2.87. The Morgan fingerprint density at radius 3 is 1.05 bits per heavy atom. The average molecular weight is 1950 g/mol. The third-order valence-corrected chi connectivity index (χ3v) is 23.4. The maximum atomic E-state index is 13.8. The van der Waals surface area contributed by atoms with Crippen molar-refractivity contribution >= 4 is 280 Å². The number of ketones is 4. The van der Waals surface area contributed by atoms with Crippen LogP contribution in [0.2, 0.25) is 0 Å². The number of rotatable bonds is 23. The summed E-state index contributed by atoms with van der Waals surface area (Å²) in [7, 11) is 96.6. The number of ether oxygens (including phenoxy) is 2. The van der Waals surface area contributed by atoms with Crippen molar-refractivity contribution in [1.82, 2.24) is 5.32 Å². The maximum Gasteiger partial charge on any atom is 0.573 e. The summed E-state index contributed by atoms with van der Waals surface area (Å²) in [6.07, 6.45) is -20.9. The fraction of sp³-hybridized carbons (Fsp3) is 0.236. The number of aliphatic imine (C=N–C) groups is 1. The van der Waals surface area contributed by atoms with E-state index in [0.717, 1.165) is 24.3 Å². The van der Waals surface area contributed by atoms with Crippen LogP contribution in [0.5, 0.6) is 23.0 Å². The van der Waals surface area contributed by atoms with Crippen molar-refractivity contribution in [2.24, 2.45) is 45.9 Å². The molecule has 6 atom stereocenters. The summed E-state index contributed by atoms with van der Waals surface area (Å²) in [6, 6.07) is 11.4. The SMILES string of the molecule is C.C=C=C=C=C=C=C=C=C=C=C=C=C=C=C=C=C=C=C=C=C=C=C=C=C=C=C=C.CN(C)c1cc(CN)c(O)c2c1CC1CC3CC(=O)C(C(N)=O)=C(O)[C@@]3(O)C(=O)C1=C2O.CN(C)c1cc(CNC(=O)Nc2ccc(OC(F)(F)F)cc2)c(O)c2c1CC1CC3CC(=O)C(C(N)=O)=C(O)[C@@]3(O)C(=O)C1=C2O.O=C=Nc1ccc(OC(F)(F)F)cc1.[B]B([B])B([B])B(B(B([B])[B])B([B])[B])B(B(B([B])[B])B([B])[B])B(B([B])[B])B([B])[B]. The number of aromatic hydroxyl groups is 2. The number of halogens is 6. The molecule has 0 spiro atoms. The van der Waals surface area contributed by atoms with E-state index in [1.54, 1.807) is 50.1 Å². The quantitative estimate of drug-likeness (QED) is 0.0116. The molecule has 696 valence electrons. The molecule has 4 aromatic carbocycles. The Morgan fingerprint density at radius 1 is 0.470 bits per heavy atom. The van der Waals surface area contributed by atoms with E-state index in [9.17, 15) is 106 Å². The zero-order chi connectivity index (χ0) is 111. The number of isocyanates is 1. The molecule has 0 heterocycles. The summed E-state index contributed by atoms with van der Waals surface area (Å²) in [4.78, 5) is 105. The van der Waals surface area contributed by atoms with Gasteiger partial charge in [-0.05, 0) is 214 Å². The van der Waals surface area contributed by atoms with E-state index in [1.165, 1.54) is 30.3 Å². The number of hydrogen-bond acceptors (Lipinski definition) is 22. The molecule has 26 nitrogen and oxygen atoms in total. The normalized spacial score (nSPS) is 16.2. The molecule has 60 heteroatoms. The number of carbonyl (C=O) groups is 7. The molecule has 2 fully saturated rings. The van der Waals surface area contributed by atoms with Crippen molar-refractivity contribution in [2.45, 2.75) is 83.0 Å². The Bertz CT molecular complexity index is 7030. The van der Waals surface area contributed by atoms with Crippen LogP contribution < -0.4 is 47.1 Å². The van der Waals surface area contributed by atoms with Crippen LogP contribution in [0.15, 0.2) is 262 Å². The number of phenolic OH excluding ortho intramolecular Hbond substituents is 2. The number of phenols is 2.